The van der Waals surface area contributed by atoms with E-state index >= 15 is 0 Å². The second kappa shape index (κ2) is 7.67. The van der Waals surface area contributed by atoms with Crippen molar-refractivity contribution in [2.75, 3.05) is 12.4 Å². The van der Waals surface area contributed by atoms with Crippen LogP contribution in [0.4, 0.5) is 10.5 Å². The molecule has 0 fully saturated rings. The van der Waals surface area contributed by atoms with Crippen molar-refractivity contribution in [2.24, 2.45) is 4.36 Å². The summed E-state index contributed by atoms with van der Waals surface area (Å²) in [5.41, 5.74) is 1.41. The summed E-state index contributed by atoms with van der Waals surface area (Å²) in [7, 11) is -2.07. The summed E-state index contributed by atoms with van der Waals surface area (Å²) >= 11 is 5.80. The van der Waals surface area contributed by atoms with Gasteiger partial charge in [-0.05, 0) is 43.3 Å². The van der Waals surface area contributed by atoms with Crippen molar-refractivity contribution >= 4 is 39.1 Å². The van der Waals surface area contributed by atoms with Crippen LogP contribution in [-0.2, 0) is 14.7 Å². The molecule has 2 aromatic rings. The van der Waals surface area contributed by atoms with Crippen molar-refractivity contribution in [3.63, 3.8) is 0 Å². The lowest BCUT2D eigenvalue weighted by atomic mass is 10.2. The minimum atomic E-state index is -3.42. The second-order valence-electron chi connectivity index (χ2n) is 5.35. The van der Waals surface area contributed by atoms with Crippen LogP contribution < -0.4 is 5.32 Å². The van der Waals surface area contributed by atoms with Gasteiger partial charge in [-0.1, -0.05) is 29.3 Å². The Hall–Kier alpha value is -2.38. The van der Waals surface area contributed by atoms with Gasteiger partial charge in [0.05, 0.1) is 4.90 Å². The van der Waals surface area contributed by atoms with Crippen LogP contribution in [0.1, 0.15) is 12.5 Å². The molecule has 0 radical (unpaired) electrons. The van der Waals surface area contributed by atoms with E-state index in [0.717, 1.165) is 9.87 Å². The molecule has 1 unspecified atom stereocenters. The largest absolute Gasteiger partial charge is 0.355 e. The SMILES string of the molecule is CC(=O)N(C)S(=O)(=NC(=O)Nc1ccc(Cl)cc1)c1ccc(C)cc1. The van der Waals surface area contributed by atoms with E-state index < -0.39 is 21.9 Å². The van der Waals surface area contributed by atoms with E-state index in [1.54, 1.807) is 48.5 Å². The first-order valence-corrected chi connectivity index (χ1v) is 9.22. The molecule has 0 aliphatic carbocycles. The summed E-state index contributed by atoms with van der Waals surface area (Å²) in [5.74, 6) is -0.464. The number of urea groups is 1. The van der Waals surface area contributed by atoms with Crippen LogP contribution in [0.5, 0.6) is 0 Å². The highest BCUT2D eigenvalue weighted by Crippen LogP contribution is 2.20. The molecule has 0 saturated carbocycles. The van der Waals surface area contributed by atoms with Crippen molar-refractivity contribution < 1.29 is 13.8 Å². The molecule has 0 spiro atoms. The Labute approximate surface area is 152 Å². The molecule has 6 nitrogen and oxygen atoms in total. The van der Waals surface area contributed by atoms with E-state index in [0.29, 0.717) is 10.7 Å². The molecule has 1 atom stereocenters. The Morgan fingerprint density at radius 1 is 1.08 bits per heavy atom. The van der Waals surface area contributed by atoms with Crippen molar-refractivity contribution in [2.45, 2.75) is 18.7 Å². The maximum atomic E-state index is 13.4. The zero-order valence-electron chi connectivity index (χ0n) is 14.0. The first-order chi connectivity index (χ1) is 11.7. The number of benzene rings is 2. The van der Waals surface area contributed by atoms with Gasteiger partial charge < -0.3 is 5.32 Å². The first-order valence-electron chi connectivity index (χ1n) is 7.37. The number of aryl methyl sites for hydroxylation is 1. The Morgan fingerprint density at radius 2 is 1.64 bits per heavy atom. The van der Waals surface area contributed by atoms with Crippen LogP contribution in [-0.4, -0.2) is 27.5 Å². The van der Waals surface area contributed by atoms with Crippen LogP contribution in [0.3, 0.4) is 0 Å². The molecule has 0 saturated heterocycles. The number of halogens is 1. The Bertz CT molecular complexity index is 902. The number of nitrogens with one attached hydrogen (secondary N) is 1. The van der Waals surface area contributed by atoms with Crippen molar-refractivity contribution in [1.29, 1.82) is 0 Å². The smallest absolute Gasteiger partial charge is 0.306 e. The maximum Gasteiger partial charge on any atom is 0.355 e. The first kappa shape index (κ1) is 19.0. The predicted molar refractivity (Wildman–Crippen MR) is 98.9 cm³/mol. The fourth-order valence-corrected chi connectivity index (χ4v) is 3.73. The molecule has 132 valence electrons. The van der Waals surface area contributed by atoms with Crippen LogP contribution in [0.2, 0.25) is 5.02 Å². The molecular weight excluding hydrogens is 362 g/mol. The summed E-state index contributed by atoms with van der Waals surface area (Å²) < 4.78 is 18.1. The molecule has 0 aliphatic heterocycles. The van der Waals surface area contributed by atoms with Crippen molar-refractivity contribution in [3.8, 4) is 0 Å². The van der Waals surface area contributed by atoms with Gasteiger partial charge in [0.2, 0.25) is 5.91 Å². The number of nitrogens with zero attached hydrogens (tertiary/aromatic N) is 2. The maximum absolute atomic E-state index is 13.4. The van der Waals surface area contributed by atoms with Crippen LogP contribution in [0.15, 0.2) is 57.8 Å². The number of hydrogen-bond acceptors (Lipinski definition) is 3. The van der Waals surface area contributed by atoms with E-state index in [1.807, 2.05) is 6.92 Å². The van der Waals surface area contributed by atoms with E-state index in [2.05, 4.69) is 9.68 Å². The summed E-state index contributed by atoms with van der Waals surface area (Å²) in [6.07, 6.45) is 0. The number of carbonyl (C=O) groups is 2. The average molecular weight is 380 g/mol. The molecule has 0 bridgehead atoms. The van der Waals surface area contributed by atoms with Gasteiger partial charge in [-0.2, -0.15) is 0 Å². The van der Waals surface area contributed by atoms with E-state index in [-0.39, 0.29) is 4.90 Å². The lowest BCUT2D eigenvalue weighted by Crippen LogP contribution is -2.32. The van der Waals surface area contributed by atoms with E-state index in [4.69, 9.17) is 11.6 Å². The minimum Gasteiger partial charge on any atom is -0.306 e. The van der Waals surface area contributed by atoms with Gasteiger partial charge in [0, 0.05) is 24.7 Å². The highest BCUT2D eigenvalue weighted by Gasteiger charge is 2.23. The van der Waals surface area contributed by atoms with Gasteiger partial charge >= 0.3 is 6.03 Å². The third-order valence-corrected chi connectivity index (χ3v) is 6.00. The molecule has 3 amide bonds. The molecule has 25 heavy (non-hydrogen) atoms. The average Bonchev–Trinajstić information content (AvgIpc) is 2.56. The molecule has 2 aromatic carbocycles. The van der Waals surface area contributed by atoms with Crippen LogP contribution in [0, 0.1) is 6.92 Å². The highest BCUT2D eigenvalue weighted by molar-refractivity contribution is 7.92. The van der Waals surface area contributed by atoms with Gasteiger partial charge in [-0.3, -0.25) is 9.10 Å². The summed E-state index contributed by atoms with van der Waals surface area (Å²) in [6, 6.07) is 12.3. The van der Waals surface area contributed by atoms with Gasteiger partial charge in [0.1, 0.15) is 0 Å². The lowest BCUT2D eigenvalue weighted by Gasteiger charge is -2.20. The van der Waals surface area contributed by atoms with E-state index in [1.165, 1.54) is 14.0 Å². The van der Waals surface area contributed by atoms with Crippen molar-refractivity contribution in [3.05, 3.63) is 59.1 Å². The number of anilines is 1. The normalized spacial score (nSPS) is 12.8. The summed E-state index contributed by atoms with van der Waals surface area (Å²) in [6.45, 7) is 3.14. The molecule has 8 heteroatoms. The van der Waals surface area contributed by atoms with Gasteiger partial charge in [0.25, 0.3) is 0 Å². The van der Waals surface area contributed by atoms with E-state index in [9.17, 15) is 13.8 Å². The molecule has 1 N–H and O–H groups in total. The molecule has 0 aromatic heterocycles. The quantitative estimate of drug-likeness (QED) is 0.871. The lowest BCUT2D eigenvalue weighted by molar-refractivity contribution is -0.123. The highest BCUT2D eigenvalue weighted by atomic mass is 35.5. The molecular formula is C17H18ClN3O3S. The zero-order valence-corrected chi connectivity index (χ0v) is 15.6. The third-order valence-electron chi connectivity index (χ3n) is 3.44. The minimum absolute atomic E-state index is 0.280. The Balaban J connectivity index is 2.43. The summed E-state index contributed by atoms with van der Waals surface area (Å²) in [5, 5.41) is 3.04. The standard InChI is InChI=1S/C17H18ClN3O3S/c1-12-4-10-16(11-5-12)25(24,21(3)13(2)22)20-17(23)19-15-8-6-14(18)7-9-15/h4-11H,1-3H3,(H,19,23). The number of carbonyl (C=O) groups excluding carboxylic acids is 2. The van der Waals surface area contributed by atoms with Crippen LogP contribution in [0.25, 0.3) is 0 Å². The second-order valence-corrected chi connectivity index (χ2v) is 7.99. The van der Waals surface area contributed by atoms with Crippen LogP contribution >= 0.6 is 11.6 Å². The third kappa shape index (κ3) is 4.58. The molecule has 0 aliphatic rings. The predicted octanol–water partition coefficient (Wildman–Crippen LogP) is 4.10. The number of amides is 3. The Kier molecular flexibility index (Phi) is 5.81. The van der Waals surface area contributed by atoms with Gasteiger partial charge in [0.15, 0.2) is 9.92 Å². The van der Waals surface area contributed by atoms with Gasteiger partial charge in [-0.15, -0.1) is 4.36 Å². The monoisotopic (exact) mass is 379 g/mol. The summed E-state index contributed by atoms with van der Waals surface area (Å²) in [4.78, 5) is 24.3. The zero-order chi connectivity index (χ0) is 18.6. The van der Waals surface area contributed by atoms with Crippen molar-refractivity contribution in [1.82, 2.24) is 4.31 Å². The molecule has 0 heterocycles. The molecule has 2 rings (SSSR count). The topological polar surface area (TPSA) is 78.8 Å². The Morgan fingerprint density at radius 3 is 2.16 bits per heavy atom. The number of hydrogen-bond donors (Lipinski definition) is 1. The fraction of sp³-hybridized carbons (Fsp3) is 0.176. The van der Waals surface area contributed by atoms with Gasteiger partial charge in [-0.25, -0.2) is 9.00 Å². The number of rotatable bonds is 3. The fourth-order valence-electron chi connectivity index (χ4n) is 1.95.